The molecule has 7 heteroatoms. The lowest BCUT2D eigenvalue weighted by atomic mass is 10.2. The van der Waals surface area contributed by atoms with E-state index in [1.54, 1.807) is 30.5 Å². The predicted molar refractivity (Wildman–Crippen MR) is 75.0 cm³/mol. The summed E-state index contributed by atoms with van der Waals surface area (Å²) in [7, 11) is -4.27. The second-order valence-corrected chi connectivity index (χ2v) is 7.34. The summed E-state index contributed by atoms with van der Waals surface area (Å²) in [6, 6.07) is 6.87. The van der Waals surface area contributed by atoms with Crippen LogP contribution in [0.2, 0.25) is 0 Å². The largest absolute Gasteiger partial charge is 0.398 e. The Bertz CT molecular complexity index is 515. The molecule has 1 atom stereocenters. The van der Waals surface area contributed by atoms with Crippen LogP contribution in [-0.4, -0.2) is 31.2 Å². The molecule has 1 aromatic rings. The minimum Gasteiger partial charge on any atom is -0.398 e. The van der Waals surface area contributed by atoms with Crippen LogP contribution in [0, 0.1) is 0 Å². The number of nitrogens with two attached hydrogens (primary N) is 1. The number of para-hydroxylation sites is 1. The number of nitrogens with one attached hydrogen (secondary N) is 1. The van der Waals surface area contributed by atoms with Gasteiger partial charge in [0.15, 0.2) is 0 Å². The van der Waals surface area contributed by atoms with Crippen LogP contribution in [-0.2, 0) is 26.6 Å². The Morgan fingerprint density at radius 1 is 1.33 bits per heavy atom. The summed E-state index contributed by atoms with van der Waals surface area (Å²) in [5, 5.41) is 0. The molecule has 1 unspecified atom stereocenters. The Hall–Kier alpha value is -0.920. The minimum absolute atomic E-state index is 0.130. The molecule has 1 aromatic carbocycles. The van der Waals surface area contributed by atoms with E-state index in [-0.39, 0.29) is 5.75 Å². The van der Waals surface area contributed by atoms with E-state index < -0.39 is 20.8 Å². The maximum atomic E-state index is 11.8. The first-order chi connectivity index (χ1) is 8.41. The Morgan fingerprint density at radius 3 is 2.61 bits per heavy atom. The topological polar surface area (TPSA) is 89.3 Å². The molecule has 0 aromatic heterocycles. The summed E-state index contributed by atoms with van der Waals surface area (Å²) in [6.07, 6.45) is 2.16. The van der Waals surface area contributed by atoms with Crippen LogP contribution in [0.3, 0.4) is 0 Å². The van der Waals surface area contributed by atoms with Gasteiger partial charge < -0.3 is 5.73 Å². The van der Waals surface area contributed by atoms with Crippen LogP contribution < -0.4 is 10.5 Å². The molecule has 18 heavy (non-hydrogen) atoms. The van der Waals surface area contributed by atoms with Gasteiger partial charge in [-0.2, -0.15) is 0 Å². The standard InChI is InChI=1S/C11H18N2O3S2/c1-17(14)8-4-7-13-18(15,16)9-10-5-2-3-6-11(10)12/h2-3,5-6,13H,4,7-9,12H2,1H3. The zero-order chi connectivity index (χ0) is 13.6. The van der Waals surface area contributed by atoms with Gasteiger partial charge in [-0.15, -0.1) is 0 Å². The lowest BCUT2D eigenvalue weighted by molar-refractivity contribution is 0.580. The second-order valence-electron chi connectivity index (χ2n) is 3.98. The number of benzene rings is 1. The van der Waals surface area contributed by atoms with Gasteiger partial charge in [0.1, 0.15) is 0 Å². The Balaban J connectivity index is 2.50. The molecule has 0 fully saturated rings. The third-order valence-corrected chi connectivity index (χ3v) is 4.53. The molecule has 0 saturated carbocycles. The molecule has 0 radical (unpaired) electrons. The summed E-state index contributed by atoms with van der Waals surface area (Å²) in [5.74, 6) is 0.366. The Morgan fingerprint density at radius 2 is 2.00 bits per heavy atom. The Kier molecular flexibility index (Phi) is 5.77. The first kappa shape index (κ1) is 15.1. The monoisotopic (exact) mass is 290 g/mol. The molecule has 0 heterocycles. The van der Waals surface area contributed by atoms with Crippen LogP contribution in [0.4, 0.5) is 5.69 Å². The number of hydrogen-bond donors (Lipinski definition) is 2. The van der Waals surface area contributed by atoms with Crippen molar-refractivity contribution >= 4 is 26.5 Å². The molecule has 0 amide bonds. The Labute approximate surface area is 110 Å². The van der Waals surface area contributed by atoms with E-state index in [1.165, 1.54) is 0 Å². The maximum absolute atomic E-state index is 11.8. The average Bonchev–Trinajstić information content (AvgIpc) is 2.27. The highest BCUT2D eigenvalue weighted by Crippen LogP contribution is 2.13. The summed E-state index contributed by atoms with van der Waals surface area (Å²) in [5.41, 5.74) is 6.75. The van der Waals surface area contributed by atoms with Crippen LogP contribution in [0.1, 0.15) is 12.0 Å². The SMILES string of the molecule is CS(=O)CCCNS(=O)(=O)Cc1ccccc1N. The van der Waals surface area contributed by atoms with Gasteiger partial charge in [0, 0.05) is 35.0 Å². The highest BCUT2D eigenvalue weighted by atomic mass is 32.2. The van der Waals surface area contributed by atoms with Gasteiger partial charge in [-0.05, 0) is 18.1 Å². The van der Waals surface area contributed by atoms with E-state index in [0.29, 0.717) is 30.0 Å². The second kappa shape index (κ2) is 6.86. The smallest absolute Gasteiger partial charge is 0.215 e. The maximum Gasteiger partial charge on any atom is 0.215 e. The fourth-order valence-electron chi connectivity index (χ4n) is 1.42. The van der Waals surface area contributed by atoms with Crippen molar-refractivity contribution in [2.75, 3.05) is 24.3 Å². The van der Waals surface area contributed by atoms with E-state index >= 15 is 0 Å². The average molecular weight is 290 g/mol. The molecule has 5 nitrogen and oxygen atoms in total. The van der Waals surface area contributed by atoms with Crippen LogP contribution in [0.25, 0.3) is 0 Å². The van der Waals surface area contributed by atoms with Crippen LogP contribution >= 0.6 is 0 Å². The van der Waals surface area contributed by atoms with Crippen LogP contribution in [0.5, 0.6) is 0 Å². The lowest BCUT2D eigenvalue weighted by Crippen LogP contribution is -2.27. The summed E-state index contributed by atoms with van der Waals surface area (Å²) >= 11 is 0. The van der Waals surface area contributed by atoms with Gasteiger partial charge in [0.25, 0.3) is 0 Å². The van der Waals surface area contributed by atoms with Crippen molar-refractivity contribution in [1.82, 2.24) is 4.72 Å². The zero-order valence-electron chi connectivity index (χ0n) is 10.3. The number of sulfonamides is 1. The van der Waals surface area contributed by atoms with Gasteiger partial charge in [0.05, 0.1) is 5.75 Å². The van der Waals surface area contributed by atoms with E-state index in [4.69, 9.17) is 5.73 Å². The number of anilines is 1. The van der Waals surface area contributed by atoms with Crippen molar-refractivity contribution in [3.63, 3.8) is 0 Å². The fourth-order valence-corrected chi connectivity index (χ4v) is 3.21. The van der Waals surface area contributed by atoms with Crippen molar-refractivity contribution in [1.29, 1.82) is 0 Å². The minimum atomic E-state index is -3.38. The molecule has 3 N–H and O–H groups in total. The van der Waals surface area contributed by atoms with Crippen molar-refractivity contribution < 1.29 is 12.6 Å². The van der Waals surface area contributed by atoms with Crippen LogP contribution in [0.15, 0.2) is 24.3 Å². The summed E-state index contributed by atoms with van der Waals surface area (Å²) < 4.78 is 36.8. The van der Waals surface area contributed by atoms with Gasteiger partial charge in [-0.25, -0.2) is 13.1 Å². The molecule has 102 valence electrons. The lowest BCUT2D eigenvalue weighted by Gasteiger charge is -2.08. The van der Waals surface area contributed by atoms with Crippen molar-refractivity contribution in [3.05, 3.63) is 29.8 Å². The summed E-state index contributed by atoms with van der Waals surface area (Å²) in [6.45, 7) is 0.300. The normalized spacial score (nSPS) is 13.4. The molecular weight excluding hydrogens is 272 g/mol. The molecular formula is C11H18N2O3S2. The number of nitrogen functional groups attached to an aromatic ring is 1. The number of hydrogen-bond acceptors (Lipinski definition) is 4. The van der Waals surface area contributed by atoms with Gasteiger partial charge in [-0.1, -0.05) is 18.2 Å². The number of rotatable bonds is 7. The first-order valence-corrected chi connectivity index (χ1v) is 8.89. The summed E-state index contributed by atoms with van der Waals surface area (Å²) in [4.78, 5) is 0. The quantitative estimate of drug-likeness (QED) is 0.564. The third-order valence-electron chi connectivity index (χ3n) is 2.33. The van der Waals surface area contributed by atoms with Gasteiger partial charge in [0.2, 0.25) is 10.0 Å². The van der Waals surface area contributed by atoms with Gasteiger partial charge in [-0.3, -0.25) is 4.21 Å². The van der Waals surface area contributed by atoms with E-state index in [2.05, 4.69) is 4.72 Å². The van der Waals surface area contributed by atoms with Crippen molar-refractivity contribution in [2.24, 2.45) is 0 Å². The molecule has 0 spiro atoms. The van der Waals surface area contributed by atoms with E-state index in [0.717, 1.165) is 0 Å². The van der Waals surface area contributed by atoms with E-state index in [1.807, 2.05) is 0 Å². The predicted octanol–water partition coefficient (Wildman–Crippen LogP) is 0.457. The molecule has 0 saturated heterocycles. The van der Waals surface area contributed by atoms with Gasteiger partial charge >= 0.3 is 0 Å². The molecule has 0 bridgehead atoms. The first-order valence-electron chi connectivity index (χ1n) is 5.51. The fraction of sp³-hybridized carbons (Fsp3) is 0.455. The van der Waals surface area contributed by atoms with E-state index in [9.17, 15) is 12.6 Å². The highest BCUT2D eigenvalue weighted by Gasteiger charge is 2.12. The molecule has 0 aliphatic heterocycles. The van der Waals surface area contributed by atoms with Crippen molar-refractivity contribution in [3.8, 4) is 0 Å². The highest BCUT2D eigenvalue weighted by molar-refractivity contribution is 7.88. The molecule has 0 aliphatic carbocycles. The zero-order valence-corrected chi connectivity index (χ0v) is 11.9. The molecule has 0 aliphatic rings. The third kappa shape index (κ3) is 5.61. The van der Waals surface area contributed by atoms with Crippen molar-refractivity contribution in [2.45, 2.75) is 12.2 Å². The molecule has 1 rings (SSSR count).